The molecule has 4 nitrogen and oxygen atoms in total. The van der Waals surface area contributed by atoms with Gasteiger partial charge in [-0.15, -0.1) is 0 Å². The third kappa shape index (κ3) is 3.19. The number of hydrogen-bond acceptors (Lipinski definition) is 3. The first-order valence-corrected chi connectivity index (χ1v) is 7.77. The van der Waals surface area contributed by atoms with E-state index in [1.165, 1.54) is 12.4 Å². The number of halogens is 3. The second-order valence-electron chi connectivity index (χ2n) is 5.82. The Morgan fingerprint density at radius 2 is 1.85 bits per heavy atom. The Kier molecular flexibility index (Phi) is 4.53. The predicted octanol–water partition coefficient (Wildman–Crippen LogP) is 4.10. The molecule has 1 heterocycles. The minimum Gasteiger partial charge on any atom is -0.333 e. The summed E-state index contributed by atoms with van der Waals surface area (Å²) in [5, 5.41) is 8.92. The summed E-state index contributed by atoms with van der Waals surface area (Å²) >= 11 is 0. The zero-order valence-corrected chi connectivity index (χ0v) is 13.9. The highest BCUT2D eigenvalue weighted by atomic mass is 19.4. The molecule has 0 spiro atoms. The summed E-state index contributed by atoms with van der Waals surface area (Å²) in [6, 6.07) is 12.7. The molecule has 0 fully saturated rings. The van der Waals surface area contributed by atoms with Gasteiger partial charge < -0.3 is 10.3 Å². The summed E-state index contributed by atoms with van der Waals surface area (Å²) in [6.45, 7) is 0.0219. The molecule has 0 aliphatic heterocycles. The maximum atomic E-state index is 13.6. The normalized spacial score (nSPS) is 11.4. The van der Waals surface area contributed by atoms with Crippen LogP contribution >= 0.6 is 0 Å². The van der Waals surface area contributed by atoms with Crippen LogP contribution in [0.3, 0.4) is 0 Å². The summed E-state index contributed by atoms with van der Waals surface area (Å²) in [5.41, 5.74) is 7.04. The van der Waals surface area contributed by atoms with E-state index >= 15 is 0 Å². The number of hydrogen-bond donors (Lipinski definition) is 1. The summed E-state index contributed by atoms with van der Waals surface area (Å²) in [6.07, 6.45) is -3.06. The van der Waals surface area contributed by atoms with Gasteiger partial charge in [-0.1, -0.05) is 24.3 Å². The van der Waals surface area contributed by atoms with Crippen LogP contribution in [-0.4, -0.2) is 9.55 Å². The van der Waals surface area contributed by atoms with Crippen LogP contribution in [0.4, 0.5) is 13.2 Å². The fraction of sp³-hybridized carbons (Fsp3) is 0.158. The Hall–Kier alpha value is -3.11. The van der Waals surface area contributed by atoms with Crippen molar-refractivity contribution in [3.8, 4) is 28.6 Å². The molecular formula is C19H15F3N4. The van der Waals surface area contributed by atoms with Gasteiger partial charge in [0.1, 0.15) is 0 Å². The molecule has 2 aromatic carbocycles. The standard InChI is InChI=1S/C19H15F3N4/c1-26-11-25-17(18(26)14-5-2-12(9-23)3-6-14)15-7-4-13(10-24)8-16(15)19(20,21)22/h2-8,11H,10,24H2,1H3. The van der Waals surface area contributed by atoms with Gasteiger partial charge in [0, 0.05) is 24.7 Å². The monoisotopic (exact) mass is 356 g/mol. The maximum Gasteiger partial charge on any atom is 0.417 e. The molecular weight excluding hydrogens is 341 g/mol. The topological polar surface area (TPSA) is 67.6 Å². The van der Waals surface area contributed by atoms with Crippen molar-refractivity contribution in [3.05, 3.63) is 65.5 Å². The molecule has 0 radical (unpaired) electrons. The zero-order chi connectivity index (χ0) is 18.9. The van der Waals surface area contributed by atoms with Crippen LogP contribution in [0.1, 0.15) is 16.7 Å². The van der Waals surface area contributed by atoms with E-state index in [0.29, 0.717) is 22.4 Å². The molecule has 0 atom stereocenters. The predicted molar refractivity (Wildman–Crippen MR) is 91.7 cm³/mol. The first-order valence-electron chi connectivity index (χ1n) is 7.77. The molecule has 0 aliphatic carbocycles. The summed E-state index contributed by atoms with van der Waals surface area (Å²) in [7, 11) is 1.71. The van der Waals surface area contributed by atoms with E-state index in [1.54, 1.807) is 41.9 Å². The molecule has 0 unspecified atom stereocenters. The highest BCUT2D eigenvalue weighted by molar-refractivity contribution is 5.81. The smallest absolute Gasteiger partial charge is 0.333 e. The lowest BCUT2D eigenvalue weighted by Crippen LogP contribution is -2.10. The van der Waals surface area contributed by atoms with Gasteiger partial charge >= 0.3 is 6.18 Å². The van der Waals surface area contributed by atoms with Gasteiger partial charge in [0.2, 0.25) is 0 Å². The molecule has 0 bridgehead atoms. The highest BCUT2D eigenvalue weighted by Crippen LogP contribution is 2.40. The third-order valence-corrected chi connectivity index (χ3v) is 4.10. The Bertz CT molecular complexity index is 979. The third-order valence-electron chi connectivity index (χ3n) is 4.10. The average molecular weight is 356 g/mol. The van der Waals surface area contributed by atoms with Gasteiger partial charge in [0.05, 0.1) is 34.9 Å². The molecule has 132 valence electrons. The molecule has 7 heteroatoms. The van der Waals surface area contributed by atoms with Crippen LogP contribution in [0.15, 0.2) is 48.8 Å². The maximum absolute atomic E-state index is 13.6. The molecule has 26 heavy (non-hydrogen) atoms. The number of nitriles is 1. The Labute approximate surface area is 148 Å². The number of benzene rings is 2. The molecule has 2 N–H and O–H groups in total. The fourth-order valence-electron chi connectivity index (χ4n) is 2.83. The Morgan fingerprint density at radius 1 is 1.15 bits per heavy atom. The number of nitrogens with two attached hydrogens (primary N) is 1. The average Bonchev–Trinajstić information content (AvgIpc) is 3.02. The highest BCUT2D eigenvalue weighted by Gasteiger charge is 2.35. The van der Waals surface area contributed by atoms with Crippen molar-refractivity contribution in [2.75, 3.05) is 0 Å². The molecule has 3 rings (SSSR count). The first kappa shape index (κ1) is 17.7. The van der Waals surface area contributed by atoms with E-state index in [-0.39, 0.29) is 17.8 Å². The lowest BCUT2D eigenvalue weighted by Gasteiger charge is -2.15. The number of aromatic nitrogens is 2. The first-order chi connectivity index (χ1) is 12.3. The SMILES string of the molecule is Cn1cnc(-c2ccc(CN)cc2C(F)(F)F)c1-c1ccc(C#N)cc1. The van der Waals surface area contributed by atoms with E-state index in [1.807, 2.05) is 6.07 Å². The number of nitrogens with zero attached hydrogens (tertiary/aromatic N) is 3. The van der Waals surface area contributed by atoms with Gasteiger partial charge in [0.25, 0.3) is 0 Å². The summed E-state index contributed by atoms with van der Waals surface area (Å²) in [5.74, 6) is 0. The summed E-state index contributed by atoms with van der Waals surface area (Å²) in [4.78, 5) is 4.20. The van der Waals surface area contributed by atoms with Crippen molar-refractivity contribution in [1.29, 1.82) is 5.26 Å². The van der Waals surface area contributed by atoms with E-state index < -0.39 is 11.7 Å². The molecule has 0 amide bonds. The molecule has 1 aromatic heterocycles. The number of aryl methyl sites for hydroxylation is 1. The van der Waals surface area contributed by atoms with Gasteiger partial charge in [-0.3, -0.25) is 0 Å². The van der Waals surface area contributed by atoms with E-state index in [4.69, 9.17) is 11.0 Å². The molecule has 0 aliphatic rings. The number of rotatable bonds is 3. The van der Waals surface area contributed by atoms with Crippen molar-refractivity contribution in [2.24, 2.45) is 12.8 Å². The Morgan fingerprint density at radius 3 is 2.42 bits per heavy atom. The van der Waals surface area contributed by atoms with Gasteiger partial charge in [-0.25, -0.2) is 4.98 Å². The van der Waals surface area contributed by atoms with E-state index in [2.05, 4.69) is 4.98 Å². The largest absolute Gasteiger partial charge is 0.417 e. The van der Waals surface area contributed by atoms with Crippen molar-refractivity contribution in [3.63, 3.8) is 0 Å². The van der Waals surface area contributed by atoms with Crippen LogP contribution < -0.4 is 5.73 Å². The summed E-state index contributed by atoms with van der Waals surface area (Å²) < 4.78 is 42.4. The van der Waals surface area contributed by atoms with Crippen LogP contribution in [0.5, 0.6) is 0 Å². The van der Waals surface area contributed by atoms with Gasteiger partial charge in [0.15, 0.2) is 0 Å². The lowest BCUT2D eigenvalue weighted by atomic mass is 9.97. The second kappa shape index (κ2) is 6.65. The fourth-order valence-corrected chi connectivity index (χ4v) is 2.83. The van der Waals surface area contributed by atoms with Crippen LogP contribution in [0.25, 0.3) is 22.5 Å². The van der Waals surface area contributed by atoms with Crippen LogP contribution in [0.2, 0.25) is 0 Å². The number of alkyl halides is 3. The van der Waals surface area contributed by atoms with E-state index in [9.17, 15) is 13.2 Å². The minimum absolute atomic E-state index is 0.00494. The van der Waals surface area contributed by atoms with Gasteiger partial charge in [-0.05, 0) is 23.8 Å². The van der Waals surface area contributed by atoms with Crippen LogP contribution in [0, 0.1) is 11.3 Å². The zero-order valence-electron chi connectivity index (χ0n) is 13.9. The molecule has 0 saturated heterocycles. The van der Waals surface area contributed by atoms with Crippen LogP contribution in [-0.2, 0) is 19.8 Å². The minimum atomic E-state index is -4.53. The molecule has 0 saturated carbocycles. The van der Waals surface area contributed by atoms with Gasteiger partial charge in [-0.2, -0.15) is 18.4 Å². The second-order valence-corrected chi connectivity index (χ2v) is 5.82. The van der Waals surface area contributed by atoms with Crippen molar-refractivity contribution >= 4 is 0 Å². The lowest BCUT2D eigenvalue weighted by molar-refractivity contribution is -0.137. The Balaban J connectivity index is 2.22. The molecule has 3 aromatic rings. The quantitative estimate of drug-likeness (QED) is 0.768. The van der Waals surface area contributed by atoms with Crippen molar-refractivity contribution < 1.29 is 13.2 Å². The van der Waals surface area contributed by atoms with Crippen molar-refractivity contribution in [1.82, 2.24) is 9.55 Å². The van der Waals surface area contributed by atoms with E-state index in [0.717, 1.165) is 6.07 Å². The number of imidazole rings is 1. The van der Waals surface area contributed by atoms with Crippen molar-refractivity contribution in [2.45, 2.75) is 12.7 Å².